The normalized spacial score (nSPS) is 11.2. The molecular formula is C27H25F3N6O4. The van der Waals surface area contributed by atoms with Gasteiger partial charge in [-0.1, -0.05) is 47.7 Å². The molecule has 40 heavy (non-hydrogen) atoms. The summed E-state index contributed by atoms with van der Waals surface area (Å²) in [5.74, 6) is -1.28. The second-order valence-corrected chi connectivity index (χ2v) is 8.71. The van der Waals surface area contributed by atoms with Gasteiger partial charge < -0.3 is 19.9 Å². The Morgan fingerprint density at radius 3 is 2.35 bits per heavy atom. The second-order valence-electron chi connectivity index (χ2n) is 8.71. The molecule has 0 bridgehead atoms. The molecule has 2 aromatic heterocycles. The number of aromatic nitrogens is 4. The Bertz CT molecular complexity index is 1520. The minimum absolute atomic E-state index is 0.0331. The van der Waals surface area contributed by atoms with E-state index in [4.69, 9.17) is 0 Å². The number of carbonyl (C=O) groups excluding carboxylic acids is 2. The maximum Gasteiger partial charge on any atom is 0.573 e. The van der Waals surface area contributed by atoms with Gasteiger partial charge in [0.2, 0.25) is 0 Å². The van der Waals surface area contributed by atoms with Crippen molar-refractivity contribution in [1.29, 1.82) is 0 Å². The van der Waals surface area contributed by atoms with E-state index >= 15 is 0 Å². The van der Waals surface area contributed by atoms with Crippen molar-refractivity contribution in [2.75, 3.05) is 0 Å². The molecule has 0 aliphatic heterocycles. The number of amides is 2. The van der Waals surface area contributed by atoms with Crippen LogP contribution in [0.4, 0.5) is 13.2 Å². The Hall–Kier alpha value is -4.94. The molecule has 10 nitrogen and oxygen atoms in total. The van der Waals surface area contributed by atoms with Crippen molar-refractivity contribution in [3.8, 4) is 5.75 Å². The van der Waals surface area contributed by atoms with Crippen LogP contribution < -0.4 is 20.9 Å². The number of halogens is 3. The van der Waals surface area contributed by atoms with E-state index in [1.807, 2.05) is 30.3 Å². The summed E-state index contributed by atoms with van der Waals surface area (Å²) in [7, 11) is 0. The highest BCUT2D eigenvalue weighted by Crippen LogP contribution is 2.23. The zero-order chi connectivity index (χ0) is 28.5. The largest absolute Gasteiger partial charge is 0.573 e. The molecule has 4 aromatic rings. The molecule has 13 heteroatoms. The Morgan fingerprint density at radius 2 is 1.60 bits per heavy atom. The van der Waals surface area contributed by atoms with Gasteiger partial charge in [-0.15, -0.1) is 18.3 Å². The number of carbonyl (C=O) groups is 2. The Balaban J connectivity index is 1.23. The van der Waals surface area contributed by atoms with E-state index in [1.54, 1.807) is 18.3 Å². The number of benzene rings is 2. The van der Waals surface area contributed by atoms with Crippen molar-refractivity contribution < 1.29 is 27.5 Å². The average Bonchev–Trinajstić information content (AvgIpc) is 3.40. The average molecular weight is 555 g/mol. The van der Waals surface area contributed by atoms with E-state index < -0.39 is 12.3 Å². The Kier molecular flexibility index (Phi) is 8.94. The van der Waals surface area contributed by atoms with Crippen molar-refractivity contribution in [2.24, 2.45) is 0 Å². The topological polar surface area (TPSA) is 120 Å². The summed E-state index contributed by atoms with van der Waals surface area (Å²) in [4.78, 5) is 37.2. The van der Waals surface area contributed by atoms with Crippen molar-refractivity contribution >= 4 is 11.8 Å². The van der Waals surface area contributed by atoms with Crippen LogP contribution in [0.2, 0.25) is 0 Å². The van der Waals surface area contributed by atoms with Gasteiger partial charge >= 0.3 is 6.36 Å². The van der Waals surface area contributed by atoms with Gasteiger partial charge in [0.25, 0.3) is 17.4 Å². The fourth-order valence-corrected chi connectivity index (χ4v) is 3.75. The lowest BCUT2D eigenvalue weighted by Gasteiger charge is -2.10. The first kappa shape index (κ1) is 28.1. The second kappa shape index (κ2) is 12.7. The van der Waals surface area contributed by atoms with Gasteiger partial charge in [-0.2, -0.15) is 0 Å². The number of nitrogens with zero attached hydrogens (tertiary/aromatic N) is 4. The molecule has 0 saturated heterocycles. The van der Waals surface area contributed by atoms with Crippen molar-refractivity contribution in [2.45, 2.75) is 39.0 Å². The minimum Gasteiger partial charge on any atom is -0.406 e. The van der Waals surface area contributed by atoms with Crippen LogP contribution in [0.15, 0.2) is 83.9 Å². The molecule has 2 aromatic carbocycles. The molecule has 0 fully saturated rings. The summed E-state index contributed by atoms with van der Waals surface area (Å²) in [6, 6.07) is 17.6. The number of rotatable bonds is 11. The number of pyridine rings is 1. The summed E-state index contributed by atoms with van der Waals surface area (Å²) in [5, 5.41) is 13.1. The number of hydrogen-bond donors (Lipinski definition) is 2. The predicted octanol–water partition coefficient (Wildman–Crippen LogP) is 3.29. The summed E-state index contributed by atoms with van der Waals surface area (Å²) in [6.07, 6.45) is -1.33. The minimum atomic E-state index is -4.81. The van der Waals surface area contributed by atoms with Gasteiger partial charge in [-0.3, -0.25) is 19.1 Å². The third-order valence-electron chi connectivity index (χ3n) is 5.70. The first-order valence-corrected chi connectivity index (χ1v) is 12.2. The van der Waals surface area contributed by atoms with Crippen LogP contribution in [0.25, 0.3) is 0 Å². The molecule has 2 amide bonds. The molecular weight excluding hydrogens is 529 g/mol. The lowest BCUT2D eigenvalue weighted by molar-refractivity contribution is -0.274. The van der Waals surface area contributed by atoms with Crippen molar-refractivity contribution in [1.82, 2.24) is 30.2 Å². The quantitative estimate of drug-likeness (QED) is 0.294. The van der Waals surface area contributed by atoms with E-state index in [-0.39, 0.29) is 35.0 Å². The van der Waals surface area contributed by atoms with Gasteiger partial charge in [0.05, 0.1) is 6.20 Å². The van der Waals surface area contributed by atoms with Gasteiger partial charge in [-0.25, -0.2) is 0 Å². The molecule has 0 radical (unpaired) electrons. The van der Waals surface area contributed by atoms with Crippen LogP contribution >= 0.6 is 0 Å². The Labute approximate surface area is 226 Å². The summed E-state index contributed by atoms with van der Waals surface area (Å²) >= 11 is 0. The Morgan fingerprint density at radius 1 is 0.875 bits per heavy atom. The van der Waals surface area contributed by atoms with Crippen molar-refractivity contribution in [3.05, 3.63) is 112 Å². The zero-order valence-electron chi connectivity index (χ0n) is 21.1. The highest BCUT2D eigenvalue weighted by Gasteiger charge is 2.31. The third-order valence-corrected chi connectivity index (χ3v) is 5.70. The highest BCUT2D eigenvalue weighted by atomic mass is 19.4. The number of ether oxygens (including phenoxy) is 1. The van der Waals surface area contributed by atoms with E-state index in [9.17, 15) is 27.6 Å². The van der Waals surface area contributed by atoms with E-state index in [1.165, 1.54) is 33.6 Å². The summed E-state index contributed by atoms with van der Waals surface area (Å²) < 4.78 is 44.0. The van der Waals surface area contributed by atoms with Crippen LogP contribution in [-0.2, 0) is 26.2 Å². The van der Waals surface area contributed by atoms with Gasteiger partial charge in [0, 0.05) is 44.0 Å². The van der Waals surface area contributed by atoms with E-state index in [0.717, 1.165) is 11.6 Å². The SMILES string of the molecule is O=C(NCc1ccccc1)c1ccn(CCCn2cc(C(=O)NCc3cccc(OC(F)(F)F)c3)nn2)c(=O)c1. The van der Waals surface area contributed by atoms with Crippen molar-refractivity contribution in [3.63, 3.8) is 0 Å². The number of nitrogens with one attached hydrogen (secondary N) is 2. The van der Waals surface area contributed by atoms with E-state index in [0.29, 0.717) is 31.6 Å². The number of aryl methyl sites for hydroxylation is 2. The molecule has 0 aliphatic rings. The predicted molar refractivity (Wildman–Crippen MR) is 137 cm³/mol. The number of alkyl halides is 3. The smallest absolute Gasteiger partial charge is 0.406 e. The molecule has 0 aliphatic carbocycles. The molecule has 0 unspecified atom stereocenters. The summed E-state index contributed by atoms with van der Waals surface area (Å²) in [6.45, 7) is 1.03. The lowest BCUT2D eigenvalue weighted by Crippen LogP contribution is -2.26. The maximum absolute atomic E-state index is 12.5. The maximum atomic E-state index is 12.5. The zero-order valence-corrected chi connectivity index (χ0v) is 21.1. The molecule has 0 atom stereocenters. The standard InChI is InChI=1S/C27H25F3N6O4/c28-27(29,30)40-22-9-4-8-20(14-22)17-32-26(39)23-18-36(34-33-23)12-5-11-35-13-10-21(15-24(35)37)25(38)31-16-19-6-2-1-3-7-19/h1-4,6-10,13-15,18H,5,11-12,16-17H2,(H,31,38)(H,32,39). The third kappa shape index (κ3) is 8.28. The van der Waals surface area contributed by atoms with Gasteiger partial charge in [-0.05, 0) is 35.7 Å². The number of hydrogen-bond acceptors (Lipinski definition) is 6. The monoisotopic (exact) mass is 554 g/mol. The van der Waals surface area contributed by atoms with E-state index in [2.05, 4.69) is 25.7 Å². The van der Waals surface area contributed by atoms with Crippen LogP contribution in [0.1, 0.15) is 38.4 Å². The molecule has 0 saturated carbocycles. The van der Waals surface area contributed by atoms with Crippen LogP contribution in [0.5, 0.6) is 5.75 Å². The molecule has 208 valence electrons. The summed E-state index contributed by atoms with van der Waals surface area (Å²) in [5.41, 5.74) is 1.33. The van der Waals surface area contributed by atoms with Crippen LogP contribution in [0, 0.1) is 0 Å². The molecule has 2 N–H and O–H groups in total. The van der Waals surface area contributed by atoms with Gasteiger partial charge in [0.15, 0.2) is 5.69 Å². The fraction of sp³-hybridized carbons (Fsp3) is 0.222. The fourth-order valence-electron chi connectivity index (χ4n) is 3.75. The van der Waals surface area contributed by atoms with Crippen LogP contribution in [0.3, 0.4) is 0 Å². The first-order chi connectivity index (χ1) is 19.2. The van der Waals surface area contributed by atoms with Crippen LogP contribution in [-0.4, -0.2) is 37.7 Å². The molecule has 0 spiro atoms. The highest BCUT2D eigenvalue weighted by molar-refractivity contribution is 5.94. The first-order valence-electron chi connectivity index (χ1n) is 12.2. The molecule has 4 rings (SSSR count). The lowest BCUT2D eigenvalue weighted by atomic mass is 10.2. The molecule has 2 heterocycles. The van der Waals surface area contributed by atoms with Gasteiger partial charge in [0.1, 0.15) is 5.75 Å².